The van der Waals surface area contributed by atoms with Gasteiger partial charge in [-0.05, 0) is 31.0 Å². The summed E-state index contributed by atoms with van der Waals surface area (Å²) in [7, 11) is 1.84. The molecule has 2 nitrogen and oxygen atoms in total. The van der Waals surface area contributed by atoms with Crippen molar-refractivity contribution >= 4 is 11.5 Å². The lowest BCUT2D eigenvalue weighted by molar-refractivity contribution is 0.627. The summed E-state index contributed by atoms with van der Waals surface area (Å²) in [6.45, 7) is 0. The van der Waals surface area contributed by atoms with Gasteiger partial charge in [-0.25, -0.2) is 4.39 Å². The summed E-state index contributed by atoms with van der Waals surface area (Å²) in [6.07, 6.45) is 4.62. The first-order chi connectivity index (χ1) is 7.68. The van der Waals surface area contributed by atoms with Crippen molar-refractivity contribution in [2.75, 3.05) is 11.9 Å². The molecule has 0 amide bonds. The Bertz CT molecular complexity index is 383. The van der Waals surface area contributed by atoms with Gasteiger partial charge in [0.25, 0.3) is 0 Å². The van der Waals surface area contributed by atoms with Gasteiger partial charge in [0.15, 0.2) is 0 Å². The van der Waals surface area contributed by atoms with Crippen LogP contribution in [0.4, 0.5) is 10.1 Å². The summed E-state index contributed by atoms with van der Waals surface area (Å²) in [5.41, 5.74) is 0.761. The van der Waals surface area contributed by atoms with Crippen molar-refractivity contribution in [3.05, 3.63) is 30.1 Å². The Morgan fingerprint density at radius 2 is 2.06 bits per heavy atom. The Hall–Kier alpha value is -1.38. The van der Waals surface area contributed by atoms with Crippen LogP contribution in [-0.2, 0) is 0 Å². The van der Waals surface area contributed by atoms with Crippen LogP contribution in [0.1, 0.15) is 25.7 Å². The highest BCUT2D eigenvalue weighted by Gasteiger charge is 2.22. The second kappa shape index (κ2) is 4.64. The fourth-order valence-corrected chi connectivity index (χ4v) is 2.30. The Labute approximate surface area is 95.6 Å². The molecule has 0 radical (unpaired) electrons. The average molecular weight is 220 g/mol. The molecule has 0 aliphatic heterocycles. The number of anilines is 1. The van der Waals surface area contributed by atoms with E-state index in [1.54, 1.807) is 11.0 Å². The topological polar surface area (TPSA) is 27.1 Å². The molecule has 86 valence electrons. The summed E-state index contributed by atoms with van der Waals surface area (Å²) in [5, 5.41) is 8.10. The van der Waals surface area contributed by atoms with Crippen LogP contribution in [0.25, 0.3) is 0 Å². The molecule has 1 aromatic carbocycles. The number of nitrogens with zero attached hydrogens (tertiary/aromatic N) is 1. The van der Waals surface area contributed by atoms with Crippen molar-refractivity contribution in [1.29, 1.82) is 5.41 Å². The lowest BCUT2D eigenvalue weighted by atomic mass is 10.1. The Balaban J connectivity index is 2.11. The van der Waals surface area contributed by atoms with Gasteiger partial charge in [-0.15, -0.1) is 0 Å². The maximum absolute atomic E-state index is 13.1. The summed E-state index contributed by atoms with van der Waals surface area (Å²) in [5.74, 6) is 0.722. The molecule has 1 fully saturated rings. The lowest BCUT2D eigenvalue weighted by Gasteiger charge is -2.24. The molecular formula is C13H17FN2. The molecule has 0 spiro atoms. The van der Waals surface area contributed by atoms with Crippen molar-refractivity contribution in [3.8, 4) is 0 Å². The number of amidine groups is 1. The van der Waals surface area contributed by atoms with Gasteiger partial charge in [-0.2, -0.15) is 0 Å². The van der Waals surface area contributed by atoms with Gasteiger partial charge in [-0.3, -0.25) is 5.41 Å². The SMILES string of the molecule is CN(C(=N)C1CCCC1)c1cccc(F)c1. The Kier molecular flexibility index (Phi) is 3.22. The van der Waals surface area contributed by atoms with Crippen LogP contribution in [0.2, 0.25) is 0 Å². The number of nitrogens with one attached hydrogen (secondary N) is 1. The van der Waals surface area contributed by atoms with E-state index in [9.17, 15) is 4.39 Å². The molecule has 0 aromatic heterocycles. The van der Waals surface area contributed by atoms with Gasteiger partial charge in [0, 0.05) is 18.7 Å². The molecule has 0 atom stereocenters. The lowest BCUT2D eigenvalue weighted by Crippen LogP contribution is -2.31. The number of hydrogen-bond donors (Lipinski definition) is 1. The molecular weight excluding hydrogens is 203 g/mol. The number of benzene rings is 1. The highest BCUT2D eigenvalue weighted by atomic mass is 19.1. The summed E-state index contributed by atoms with van der Waals surface area (Å²) < 4.78 is 13.1. The largest absolute Gasteiger partial charge is 0.333 e. The van der Waals surface area contributed by atoms with E-state index >= 15 is 0 Å². The quantitative estimate of drug-likeness (QED) is 0.600. The van der Waals surface area contributed by atoms with Gasteiger partial charge in [0.05, 0.1) is 0 Å². The third kappa shape index (κ3) is 2.23. The fourth-order valence-electron chi connectivity index (χ4n) is 2.30. The summed E-state index contributed by atoms with van der Waals surface area (Å²) in [4.78, 5) is 1.79. The van der Waals surface area contributed by atoms with Gasteiger partial charge in [0.2, 0.25) is 0 Å². The maximum atomic E-state index is 13.1. The molecule has 3 heteroatoms. The van der Waals surface area contributed by atoms with E-state index in [1.807, 2.05) is 13.1 Å². The van der Waals surface area contributed by atoms with Crippen LogP contribution in [0.5, 0.6) is 0 Å². The first-order valence-electron chi connectivity index (χ1n) is 5.76. The average Bonchev–Trinajstić information content (AvgIpc) is 2.80. The first-order valence-corrected chi connectivity index (χ1v) is 5.76. The molecule has 1 saturated carbocycles. The smallest absolute Gasteiger partial charge is 0.125 e. The minimum atomic E-state index is -0.247. The maximum Gasteiger partial charge on any atom is 0.125 e. The standard InChI is InChI=1S/C13H17FN2/c1-16(12-8-4-7-11(14)9-12)13(15)10-5-2-3-6-10/h4,7-10,15H,2-3,5-6H2,1H3. The van der Waals surface area contributed by atoms with Crippen molar-refractivity contribution < 1.29 is 4.39 Å². The van der Waals surface area contributed by atoms with E-state index in [4.69, 9.17) is 5.41 Å². The monoisotopic (exact) mass is 220 g/mol. The van der Waals surface area contributed by atoms with Crippen LogP contribution in [0.3, 0.4) is 0 Å². The molecule has 2 rings (SSSR count). The van der Waals surface area contributed by atoms with Crippen molar-refractivity contribution in [2.45, 2.75) is 25.7 Å². The van der Waals surface area contributed by atoms with Crippen LogP contribution in [0, 0.1) is 17.1 Å². The van der Waals surface area contributed by atoms with Gasteiger partial charge >= 0.3 is 0 Å². The second-order valence-corrected chi connectivity index (χ2v) is 4.41. The van der Waals surface area contributed by atoms with Gasteiger partial charge in [-0.1, -0.05) is 18.9 Å². The second-order valence-electron chi connectivity index (χ2n) is 4.41. The molecule has 0 unspecified atom stereocenters. The third-order valence-electron chi connectivity index (χ3n) is 3.30. The highest BCUT2D eigenvalue weighted by Crippen LogP contribution is 2.28. The normalized spacial score (nSPS) is 16.4. The molecule has 0 bridgehead atoms. The molecule has 1 N–H and O–H groups in total. The van der Waals surface area contributed by atoms with Crippen LogP contribution in [-0.4, -0.2) is 12.9 Å². The fraction of sp³-hybridized carbons (Fsp3) is 0.462. The summed E-state index contributed by atoms with van der Waals surface area (Å²) in [6, 6.07) is 6.43. The van der Waals surface area contributed by atoms with Crippen LogP contribution < -0.4 is 4.90 Å². The minimum Gasteiger partial charge on any atom is -0.333 e. The van der Waals surface area contributed by atoms with Gasteiger partial charge in [0.1, 0.15) is 11.7 Å². The van der Waals surface area contributed by atoms with E-state index in [-0.39, 0.29) is 5.82 Å². The summed E-state index contributed by atoms with van der Waals surface area (Å²) >= 11 is 0. The van der Waals surface area contributed by atoms with Crippen LogP contribution >= 0.6 is 0 Å². The molecule has 1 aromatic rings. The third-order valence-corrected chi connectivity index (χ3v) is 3.30. The van der Waals surface area contributed by atoms with Gasteiger partial charge < -0.3 is 4.90 Å². The zero-order valence-corrected chi connectivity index (χ0v) is 9.54. The molecule has 1 aliphatic rings. The van der Waals surface area contributed by atoms with E-state index in [0.717, 1.165) is 18.5 Å². The first kappa shape index (κ1) is 11.1. The number of hydrogen-bond acceptors (Lipinski definition) is 1. The van der Waals surface area contributed by atoms with E-state index in [0.29, 0.717) is 11.8 Å². The van der Waals surface area contributed by atoms with Crippen molar-refractivity contribution in [2.24, 2.45) is 5.92 Å². The number of rotatable bonds is 2. The number of halogens is 1. The zero-order valence-electron chi connectivity index (χ0n) is 9.54. The van der Waals surface area contributed by atoms with E-state index < -0.39 is 0 Å². The van der Waals surface area contributed by atoms with E-state index in [2.05, 4.69) is 0 Å². The Morgan fingerprint density at radius 3 is 2.69 bits per heavy atom. The molecule has 0 heterocycles. The van der Waals surface area contributed by atoms with E-state index in [1.165, 1.54) is 25.0 Å². The highest BCUT2D eigenvalue weighted by molar-refractivity contribution is 5.96. The minimum absolute atomic E-state index is 0.247. The molecule has 0 saturated heterocycles. The predicted molar refractivity (Wildman–Crippen MR) is 64.5 cm³/mol. The zero-order chi connectivity index (χ0) is 11.5. The van der Waals surface area contributed by atoms with Crippen molar-refractivity contribution in [1.82, 2.24) is 0 Å². The van der Waals surface area contributed by atoms with Crippen LogP contribution in [0.15, 0.2) is 24.3 Å². The predicted octanol–water partition coefficient (Wildman–Crippen LogP) is 3.43. The Morgan fingerprint density at radius 1 is 1.38 bits per heavy atom. The molecule has 1 aliphatic carbocycles. The molecule has 16 heavy (non-hydrogen) atoms. The van der Waals surface area contributed by atoms with Crippen molar-refractivity contribution in [3.63, 3.8) is 0 Å².